The lowest BCUT2D eigenvalue weighted by Crippen LogP contribution is -1.99. The first-order chi connectivity index (χ1) is 8.16. The normalized spacial score (nSPS) is 10.6. The van der Waals surface area contributed by atoms with Gasteiger partial charge >= 0.3 is 11.6 Å². The highest BCUT2D eigenvalue weighted by Crippen LogP contribution is 2.26. The molecule has 0 atom stereocenters. The molecule has 1 heterocycles. The molecule has 2 rings (SSSR count). The number of rotatable bonds is 4. The Bertz CT molecular complexity index is 603. The van der Waals surface area contributed by atoms with Crippen LogP contribution in [0.5, 0.6) is 0 Å². The Morgan fingerprint density at radius 2 is 2.12 bits per heavy atom. The van der Waals surface area contributed by atoms with Crippen LogP contribution in [0.2, 0.25) is 0 Å². The Labute approximate surface area is 101 Å². The smallest absolute Gasteiger partial charge is 0.337 e. The largest absolute Gasteiger partial charge is 0.481 e. The Hall–Kier alpha value is -1.75. The highest BCUT2D eigenvalue weighted by atomic mass is 32.2. The van der Waals surface area contributed by atoms with Gasteiger partial charge in [-0.15, -0.1) is 11.8 Å². The van der Waals surface area contributed by atoms with E-state index in [0.29, 0.717) is 11.3 Å². The molecule has 0 fully saturated rings. The van der Waals surface area contributed by atoms with Gasteiger partial charge in [0.1, 0.15) is 5.58 Å². The predicted octanol–water partition coefficient (Wildman–Crippen LogP) is 2.36. The van der Waals surface area contributed by atoms with Crippen molar-refractivity contribution in [3.8, 4) is 0 Å². The van der Waals surface area contributed by atoms with Crippen LogP contribution < -0.4 is 5.63 Å². The summed E-state index contributed by atoms with van der Waals surface area (Å²) in [5.41, 5.74) is 0.111. The predicted molar refractivity (Wildman–Crippen MR) is 65.5 cm³/mol. The monoisotopic (exact) mass is 250 g/mol. The molecule has 0 saturated heterocycles. The zero-order valence-corrected chi connectivity index (χ0v) is 9.70. The minimum atomic E-state index is -0.843. The van der Waals surface area contributed by atoms with Crippen molar-refractivity contribution in [2.75, 3.05) is 5.75 Å². The summed E-state index contributed by atoms with van der Waals surface area (Å²) < 4.78 is 5.04. The van der Waals surface area contributed by atoms with Crippen molar-refractivity contribution < 1.29 is 14.3 Å². The minimum Gasteiger partial charge on any atom is -0.481 e. The lowest BCUT2D eigenvalue weighted by atomic mass is 10.2. The molecule has 4 nitrogen and oxygen atoms in total. The van der Waals surface area contributed by atoms with Gasteiger partial charge in [-0.1, -0.05) is 18.2 Å². The van der Waals surface area contributed by atoms with Gasteiger partial charge in [0.05, 0.1) is 6.42 Å². The summed E-state index contributed by atoms with van der Waals surface area (Å²) in [6, 6.07) is 8.61. The van der Waals surface area contributed by atoms with Gasteiger partial charge < -0.3 is 9.52 Å². The molecular formula is C12H10O4S. The van der Waals surface area contributed by atoms with Gasteiger partial charge in [0.15, 0.2) is 0 Å². The Morgan fingerprint density at radius 1 is 1.35 bits per heavy atom. The van der Waals surface area contributed by atoms with Gasteiger partial charge in [0.2, 0.25) is 0 Å². The number of aliphatic carboxylic acids is 1. The quantitative estimate of drug-likeness (QED) is 0.666. The highest BCUT2D eigenvalue weighted by molar-refractivity contribution is 7.99. The van der Waals surface area contributed by atoms with Gasteiger partial charge in [0.25, 0.3) is 0 Å². The van der Waals surface area contributed by atoms with E-state index in [0.717, 1.165) is 10.3 Å². The summed E-state index contributed by atoms with van der Waals surface area (Å²) in [6.45, 7) is 0. The summed E-state index contributed by atoms with van der Waals surface area (Å²) in [7, 11) is 0. The number of fused-ring (bicyclic) bond motifs is 1. The molecule has 88 valence electrons. The van der Waals surface area contributed by atoms with E-state index in [1.807, 2.05) is 12.1 Å². The van der Waals surface area contributed by atoms with Crippen LogP contribution in [0.1, 0.15) is 6.42 Å². The zero-order chi connectivity index (χ0) is 12.3. The van der Waals surface area contributed by atoms with Crippen LogP contribution in [0.15, 0.2) is 44.4 Å². The molecule has 0 radical (unpaired) electrons. The second-order valence-electron chi connectivity index (χ2n) is 3.42. The fourth-order valence-corrected chi connectivity index (χ4v) is 2.45. The summed E-state index contributed by atoms with van der Waals surface area (Å²) in [4.78, 5) is 22.5. The van der Waals surface area contributed by atoms with E-state index >= 15 is 0 Å². The molecule has 5 heteroatoms. The van der Waals surface area contributed by atoms with Gasteiger partial charge in [0, 0.05) is 22.1 Å². The van der Waals surface area contributed by atoms with Crippen LogP contribution in [0, 0.1) is 0 Å². The molecule has 2 aromatic rings. The van der Waals surface area contributed by atoms with Crippen molar-refractivity contribution >= 4 is 28.7 Å². The standard InChI is InChI=1S/C12H10O4S/c13-11(14)5-6-17-10-7-12(15)16-9-4-2-1-3-8(9)10/h1-4,7H,5-6H2,(H,13,14). The zero-order valence-electron chi connectivity index (χ0n) is 8.88. The van der Waals surface area contributed by atoms with Crippen LogP contribution in [-0.2, 0) is 4.79 Å². The minimum absolute atomic E-state index is 0.0687. The van der Waals surface area contributed by atoms with Crippen LogP contribution in [-0.4, -0.2) is 16.8 Å². The van der Waals surface area contributed by atoms with Crippen LogP contribution >= 0.6 is 11.8 Å². The number of carbonyl (C=O) groups is 1. The van der Waals surface area contributed by atoms with Crippen molar-refractivity contribution in [1.82, 2.24) is 0 Å². The molecule has 0 aliphatic carbocycles. The van der Waals surface area contributed by atoms with Crippen molar-refractivity contribution in [2.24, 2.45) is 0 Å². The molecule has 0 aliphatic rings. The third-order valence-electron chi connectivity index (χ3n) is 2.19. The maximum atomic E-state index is 11.3. The average molecular weight is 250 g/mol. The first-order valence-corrected chi connectivity index (χ1v) is 6.03. The average Bonchev–Trinajstić information content (AvgIpc) is 2.28. The van der Waals surface area contributed by atoms with Gasteiger partial charge in [-0.25, -0.2) is 4.79 Å². The maximum absolute atomic E-state index is 11.3. The van der Waals surface area contributed by atoms with Crippen molar-refractivity contribution in [3.05, 3.63) is 40.8 Å². The SMILES string of the molecule is O=C(O)CCSc1cc(=O)oc2ccccc12. The second-order valence-corrected chi connectivity index (χ2v) is 4.55. The van der Waals surface area contributed by atoms with Gasteiger partial charge in [-0.2, -0.15) is 0 Å². The third-order valence-corrected chi connectivity index (χ3v) is 3.24. The van der Waals surface area contributed by atoms with Gasteiger partial charge in [-0.05, 0) is 6.07 Å². The number of hydrogen-bond donors (Lipinski definition) is 1. The number of carboxylic acid groups (broad SMARTS) is 1. The van der Waals surface area contributed by atoms with E-state index in [4.69, 9.17) is 9.52 Å². The third kappa shape index (κ3) is 2.88. The second kappa shape index (κ2) is 5.05. The molecule has 1 N–H and O–H groups in total. The number of thioether (sulfide) groups is 1. The van der Waals surface area contributed by atoms with E-state index < -0.39 is 11.6 Å². The summed E-state index contributed by atoms with van der Waals surface area (Å²) in [5.74, 6) is -0.409. The Kier molecular flexibility index (Phi) is 3.49. The molecule has 0 saturated carbocycles. The number of carboxylic acids is 1. The molecule has 0 bridgehead atoms. The van der Waals surface area contributed by atoms with Crippen LogP contribution in [0.25, 0.3) is 11.0 Å². The molecule has 1 aromatic heterocycles. The lowest BCUT2D eigenvalue weighted by Gasteiger charge is -2.03. The van der Waals surface area contributed by atoms with E-state index in [1.54, 1.807) is 12.1 Å². The summed E-state index contributed by atoms with van der Waals surface area (Å²) in [5, 5.41) is 9.40. The van der Waals surface area contributed by atoms with Crippen molar-refractivity contribution in [2.45, 2.75) is 11.3 Å². The molecule has 17 heavy (non-hydrogen) atoms. The molecule has 0 unspecified atom stereocenters. The van der Waals surface area contributed by atoms with E-state index in [-0.39, 0.29) is 6.42 Å². The van der Waals surface area contributed by atoms with Gasteiger partial charge in [-0.3, -0.25) is 4.79 Å². The topological polar surface area (TPSA) is 67.5 Å². The summed E-state index contributed by atoms with van der Waals surface area (Å²) >= 11 is 1.35. The van der Waals surface area contributed by atoms with Crippen LogP contribution in [0.4, 0.5) is 0 Å². The van der Waals surface area contributed by atoms with E-state index in [1.165, 1.54) is 17.8 Å². The lowest BCUT2D eigenvalue weighted by molar-refractivity contribution is -0.136. The molecule has 1 aromatic carbocycles. The van der Waals surface area contributed by atoms with Crippen LogP contribution in [0.3, 0.4) is 0 Å². The molecule has 0 spiro atoms. The fraction of sp³-hybridized carbons (Fsp3) is 0.167. The maximum Gasteiger partial charge on any atom is 0.337 e. The Balaban J connectivity index is 2.32. The fourth-order valence-electron chi connectivity index (χ4n) is 1.45. The van der Waals surface area contributed by atoms with E-state index in [2.05, 4.69) is 0 Å². The number of benzene rings is 1. The molecule has 0 amide bonds. The molecule has 0 aliphatic heterocycles. The highest BCUT2D eigenvalue weighted by Gasteiger charge is 2.06. The molecular weight excluding hydrogens is 240 g/mol. The first-order valence-electron chi connectivity index (χ1n) is 5.04. The van der Waals surface area contributed by atoms with Crippen molar-refractivity contribution in [3.63, 3.8) is 0 Å². The summed E-state index contributed by atoms with van der Waals surface area (Å²) in [6.07, 6.45) is 0.0687. The van der Waals surface area contributed by atoms with Crippen molar-refractivity contribution in [1.29, 1.82) is 0 Å². The first kappa shape index (κ1) is 11.7. The number of para-hydroxylation sites is 1. The number of hydrogen-bond acceptors (Lipinski definition) is 4. The van der Waals surface area contributed by atoms with E-state index in [9.17, 15) is 9.59 Å². The Morgan fingerprint density at radius 3 is 2.88 bits per heavy atom.